The predicted octanol–water partition coefficient (Wildman–Crippen LogP) is 13.8. The van der Waals surface area contributed by atoms with Crippen molar-refractivity contribution in [1.82, 2.24) is 0 Å². The van der Waals surface area contributed by atoms with E-state index < -0.39 is 0 Å². The van der Waals surface area contributed by atoms with Gasteiger partial charge in [-0.1, -0.05) is 131 Å². The van der Waals surface area contributed by atoms with Gasteiger partial charge in [-0.3, -0.25) is 6.08 Å². The van der Waals surface area contributed by atoms with E-state index in [1.54, 1.807) is 0 Å². The number of rotatable bonds is 3. The summed E-state index contributed by atoms with van der Waals surface area (Å²) < 4.78 is 2.11. The molecule has 0 N–H and O–H groups in total. The minimum atomic E-state index is 0.0380. The minimum Gasteiger partial charge on any atom is -0.273 e. The molecule has 0 saturated heterocycles. The first-order chi connectivity index (χ1) is 25.5. The van der Waals surface area contributed by atoms with Gasteiger partial charge in [0, 0.05) is 0 Å². The summed E-state index contributed by atoms with van der Waals surface area (Å²) in [5.74, 6) is 0. The molecule has 2 aliphatic carbocycles. The van der Waals surface area contributed by atoms with E-state index in [9.17, 15) is 0 Å². The summed E-state index contributed by atoms with van der Waals surface area (Å²) in [5.41, 5.74) is 14.7. The molecular weight excluding hydrogens is 739 g/mol. The molecule has 0 amide bonds. The molecule has 0 spiro atoms. The third-order valence-corrected chi connectivity index (χ3v) is 10.1. The Morgan fingerprint density at radius 2 is 1.26 bits per heavy atom. The molecule has 0 radical (unpaired) electrons. The van der Waals surface area contributed by atoms with Crippen molar-refractivity contribution in [1.29, 1.82) is 0 Å². The molecule has 0 nitrogen and oxygen atoms in total. The zero-order valence-corrected chi connectivity index (χ0v) is 35.0. The Labute approximate surface area is 338 Å². The number of benzene rings is 6. The molecule has 0 heterocycles. The topological polar surface area (TPSA) is 0 Å². The van der Waals surface area contributed by atoms with Crippen molar-refractivity contribution >= 4 is 15.3 Å². The van der Waals surface area contributed by atoms with Crippen LogP contribution in [0.1, 0.15) is 75.8 Å². The Morgan fingerprint density at radius 3 is 1.74 bits per heavy atom. The molecule has 0 aromatic heterocycles. The predicted molar refractivity (Wildman–Crippen MR) is 225 cm³/mol. The fourth-order valence-corrected chi connectivity index (χ4v) is 7.02. The molecule has 2 aliphatic rings. The van der Waals surface area contributed by atoms with Gasteiger partial charge in [0.2, 0.25) is 0 Å². The molecule has 0 unspecified atom stereocenters. The Morgan fingerprint density at radius 1 is 0.642 bits per heavy atom. The largest absolute Gasteiger partial charge is 0.273 e. The van der Waals surface area contributed by atoms with Crippen LogP contribution >= 0.6 is 11.6 Å². The van der Waals surface area contributed by atoms with Crippen LogP contribution in [-0.2, 0) is 41.5 Å². The van der Waals surface area contributed by atoms with E-state index in [2.05, 4.69) is 148 Å². The van der Waals surface area contributed by atoms with E-state index in [0.717, 1.165) is 17.9 Å². The maximum Gasteiger partial charge on any atom is -0.109 e. The summed E-state index contributed by atoms with van der Waals surface area (Å²) in [6.07, 6.45) is 10.9. The second kappa shape index (κ2) is 18.7. The van der Waals surface area contributed by atoms with Crippen LogP contribution in [0.5, 0.6) is 0 Å². The van der Waals surface area contributed by atoms with E-state index >= 15 is 0 Å². The maximum absolute atomic E-state index is 5.71. The second-order valence-electron chi connectivity index (χ2n) is 15.2. The van der Waals surface area contributed by atoms with Crippen molar-refractivity contribution < 1.29 is 24.2 Å². The first-order valence-corrected chi connectivity index (χ1v) is 20.0. The zero-order valence-electron chi connectivity index (χ0n) is 31.8. The third-order valence-electron chi connectivity index (χ3n) is 9.03. The van der Waals surface area contributed by atoms with Gasteiger partial charge in [-0.2, -0.15) is 42.5 Å². The van der Waals surface area contributed by atoms with Gasteiger partial charge in [-0.15, -0.1) is 35.2 Å². The fourth-order valence-electron chi connectivity index (χ4n) is 6.38. The van der Waals surface area contributed by atoms with Crippen LogP contribution in [-0.4, -0.2) is 3.71 Å². The standard InChI is InChI=1S/C33H33.C7H5Cl.C6H5.C5H5.Zr/c1-32(2,3)30-20-26-24(18-28(30)22-13-9-7-10-14-22)17-25-19-29(23-15-11-8-12-16-23)31(21-27(25)26)33(4,5)6;1-6-3-2-4-7(8)5-6;1-2-4-6-5-3-1;1-2-4-5-3-1;/h7-16,18,20-21H,17H2,1-6H3;1-5H;1-5H;1-3H,4H2;/q-1;;2*-1;. The summed E-state index contributed by atoms with van der Waals surface area (Å²) in [6, 6.07) is 53.2. The molecule has 0 bridgehead atoms. The molecule has 0 saturated carbocycles. The van der Waals surface area contributed by atoms with Crippen LogP contribution < -0.4 is 0 Å². The summed E-state index contributed by atoms with van der Waals surface area (Å²) in [6.45, 7) is 13.9. The number of hydrogen-bond acceptors (Lipinski definition) is 0. The second-order valence-corrected chi connectivity index (χ2v) is 16.3. The Balaban J connectivity index is 0.000000217. The van der Waals surface area contributed by atoms with Gasteiger partial charge in [-0.05, 0) is 39.5 Å². The van der Waals surface area contributed by atoms with Gasteiger partial charge in [0.05, 0.1) is 0 Å². The zero-order chi connectivity index (χ0) is 37.8. The average molecular weight is 788 g/mol. The van der Waals surface area contributed by atoms with Crippen LogP contribution in [0.25, 0.3) is 33.4 Å². The maximum atomic E-state index is 5.71. The van der Waals surface area contributed by atoms with Crippen LogP contribution in [0.2, 0.25) is 5.02 Å². The van der Waals surface area contributed by atoms with Crippen LogP contribution in [0.15, 0.2) is 152 Å². The Kier molecular flexibility index (Phi) is 14.2. The van der Waals surface area contributed by atoms with Crippen LogP contribution in [0.3, 0.4) is 0 Å². The van der Waals surface area contributed by atoms with Crippen molar-refractivity contribution in [2.45, 2.75) is 65.2 Å². The molecule has 0 atom stereocenters. The van der Waals surface area contributed by atoms with Gasteiger partial charge in [-0.25, -0.2) is 12.2 Å². The average Bonchev–Trinajstić information content (AvgIpc) is 3.87. The molecule has 2 heteroatoms. The molecular formula is C51H48ClZr-3. The molecule has 53 heavy (non-hydrogen) atoms. The summed E-state index contributed by atoms with van der Waals surface area (Å²) in [4.78, 5) is 0. The van der Waals surface area contributed by atoms with Crippen molar-refractivity contribution in [3.05, 3.63) is 203 Å². The van der Waals surface area contributed by atoms with Gasteiger partial charge in [0.1, 0.15) is 0 Å². The van der Waals surface area contributed by atoms with Crippen LogP contribution in [0, 0.1) is 18.2 Å². The molecule has 0 fully saturated rings. The summed E-state index contributed by atoms with van der Waals surface area (Å²) >= 11 is 7.12. The first-order valence-electron chi connectivity index (χ1n) is 18.2. The van der Waals surface area contributed by atoms with E-state index in [1.165, 1.54) is 85.4 Å². The number of halogens is 1. The molecule has 6 aromatic carbocycles. The summed E-state index contributed by atoms with van der Waals surface area (Å²) in [5, 5.41) is 0.811. The molecule has 6 aromatic rings. The van der Waals surface area contributed by atoms with Gasteiger partial charge in [0.15, 0.2) is 0 Å². The van der Waals surface area contributed by atoms with Gasteiger partial charge >= 0.3 is 74.4 Å². The SMILES string of the molecule is CC(C)(C)c1cc2c([c-]c1-c1ccccc1)Cc1cc(-c3ccccc3)c(C(C)(C)C)cc1-2.Clc1cccc([CH]=[Zr])c1.[C-]1=CC=CC1.[c-]1ccccc1. The van der Waals surface area contributed by atoms with E-state index in [0.29, 0.717) is 0 Å². The van der Waals surface area contributed by atoms with E-state index in [1.807, 2.05) is 66.7 Å². The van der Waals surface area contributed by atoms with Gasteiger partial charge in [0.25, 0.3) is 0 Å². The molecule has 0 aliphatic heterocycles. The number of fused-ring (bicyclic) bond motifs is 3. The van der Waals surface area contributed by atoms with Crippen molar-refractivity contribution in [2.24, 2.45) is 0 Å². The van der Waals surface area contributed by atoms with Crippen LogP contribution in [0.4, 0.5) is 0 Å². The smallest absolute Gasteiger partial charge is 0.109 e. The number of allylic oxidation sites excluding steroid dienone is 4. The quantitative estimate of drug-likeness (QED) is 0.157. The number of hydrogen-bond donors (Lipinski definition) is 0. The Bertz CT molecular complexity index is 2000. The van der Waals surface area contributed by atoms with E-state index in [4.69, 9.17) is 11.6 Å². The normalized spacial score (nSPS) is 12.2. The monoisotopic (exact) mass is 785 g/mol. The van der Waals surface area contributed by atoms with Crippen molar-refractivity contribution in [3.63, 3.8) is 0 Å². The molecule has 266 valence electrons. The van der Waals surface area contributed by atoms with E-state index in [-0.39, 0.29) is 10.8 Å². The minimum absolute atomic E-state index is 0.0380. The first kappa shape index (κ1) is 40.0. The third kappa shape index (κ3) is 11.2. The fraction of sp³-hybridized carbons (Fsp3) is 0.196. The van der Waals surface area contributed by atoms with Crippen molar-refractivity contribution in [3.8, 4) is 33.4 Å². The van der Waals surface area contributed by atoms with Crippen molar-refractivity contribution in [2.75, 3.05) is 0 Å². The summed E-state index contributed by atoms with van der Waals surface area (Å²) in [7, 11) is 0. The Hall–Kier alpha value is -4.16. The molecule has 8 rings (SSSR count). The van der Waals surface area contributed by atoms with Gasteiger partial charge < -0.3 is 0 Å².